The van der Waals surface area contributed by atoms with Gasteiger partial charge in [0.25, 0.3) is 0 Å². The molecule has 5 nitrogen and oxygen atoms in total. The molecule has 0 bridgehead atoms. The Morgan fingerprint density at radius 2 is 2.00 bits per heavy atom. The zero-order chi connectivity index (χ0) is 15.5. The van der Waals surface area contributed by atoms with Gasteiger partial charge in [-0.2, -0.15) is 0 Å². The molecule has 1 atom stereocenters. The van der Waals surface area contributed by atoms with E-state index in [1.165, 1.54) is 0 Å². The van der Waals surface area contributed by atoms with Crippen molar-refractivity contribution < 1.29 is 9.21 Å². The number of nitrogens with one attached hydrogen (secondary N) is 2. The van der Waals surface area contributed by atoms with E-state index in [9.17, 15) is 9.59 Å². The summed E-state index contributed by atoms with van der Waals surface area (Å²) in [5.41, 5.74) is 2.65. The molecule has 22 heavy (non-hydrogen) atoms. The second-order valence-corrected chi connectivity index (χ2v) is 5.09. The Morgan fingerprint density at radius 1 is 1.23 bits per heavy atom. The Morgan fingerprint density at radius 3 is 2.73 bits per heavy atom. The van der Waals surface area contributed by atoms with Crippen LogP contribution >= 0.6 is 0 Å². The average Bonchev–Trinajstić information content (AvgIpc) is 2.88. The molecule has 0 aliphatic heterocycles. The number of H-pyrrole nitrogens is 1. The number of aromatic nitrogens is 1. The molecule has 1 aromatic heterocycles. The summed E-state index contributed by atoms with van der Waals surface area (Å²) >= 11 is 0. The van der Waals surface area contributed by atoms with Gasteiger partial charge in [-0.25, -0.2) is 4.79 Å². The van der Waals surface area contributed by atoms with E-state index in [0.29, 0.717) is 23.2 Å². The molecule has 3 rings (SSSR count). The maximum atomic E-state index is 12.5. The van der Waals surface area contributed by atoms with Gasteiger partial charge in [-0.05, 0) is 30.2 Å². The number of fused-ring (bicyclic) bond motifs is 1. The minimum Gasteiger partial charge on any atom is -0.408 e. The summed E-state index contributed by atoms with van der Waals surface area (Å²) in [6.07, 6.45) is 0.709. The first kappa shape index (κ1) is 14.1. The predicted molar refractivity (Wildman–Crippen MR) is 84.9 cm³/mol. The summed E-state index contributed by atoms with van der Waals surface area (Å²) in [6.45, 7) is 1.98. The van der Waals surface area contributed by atoms with E-state index in [1.54, 1.807) is 18.2 Å². The molecule has 0 fully saturated rings. The Balaban J connectivity index is 1.83. The number of carbonyl (C=O) groups is 1. The van der Waals surface area contributed by atoms with E-state index in [-0.39, 0.29) is 11.8 Å². The number of aromatic amines is 1. The fraction of sp³-hybridized carbons (Fsp3) is 0.176. The molecule has 0 saturated heterocycles. The molecule has 1 amide bonds. The molecule has 0 saturated carbocycles. The van der Waals surface area contributed by atoms with Crippen LogP contribution in [0.4, 0.5) is 5.69 Å². The standard InChI is InChI=1S/C17H16N2O3/c1-2-13(11-6-4-3-5-7-11)16(20)18-12-8-9-15-14(10-12)19-17(21)22-15/h3-10,13H,2H2,1H3,(H,18,20)(H,19,21). The topological polar surface area (TPSA) is 75.1 Å². The number of oxazole rings is 1. The quantitative estimate of drug-likeness (QED) is 0.776. The van der Waals surface area contributed by atoms with Crippen LogP contribution in [-0.4, -0.2) is 10.9 Å². The van der Waals surface area contributed by atoms with E-state index >= 15 is 0 Å². The molecule has 2 aromatic carbocycles. The van der Waals surface area contributed by atoms with Gasteiger partial charge in [0, 0.05) is 5.69 Å². The zero-order valence-corrected chi connectivity index (χ0v) is 12.1. The van der Waals surface area contributed by atoms with Crippen molar-refractivity contribution in [2.24, 2.45) is 0 Å². The molecule has 1 unspecified atom stereocenters. The van der Waals surface area contributed by atoms with Crippen molar-refractivity contribution >= 4 is 22.7 Å². The summed E-state index contributed by atoms with van der Waals surface area (Å²) in [7, 11) is 0. The number of benzene rings is 2. The van der Waals surface area contributed by atoms with Crippen molar-refractivity contribution in [3.63, 3.8) is 0 Å². The third-order valence-electron chi connectivity index (χ3n) is 3.61. The fourth-order valence-electron chi connectivity index (χ4n) is 2.52. The second kappa shape index (κ2) is 5.89. The smallest absolute Gasteiger partial charge is 0.408 e. The molecular weight excluding hydrogens is 280 g/mol. The summed E-state index contributed by atoms with van der Waals surface area (Å²) in [5, 5.41) is 2.89. The van der Waals surface area contributed by atoms with Crippen LogP contribution in [-0.2, 0) is 4.79 Å². The summed E-state index contributed by atoms with van der Waals surface area (Å²) in [5.74, 6) is -0.784. The number of rotatable bonds is 4. The molecule has 0 radical (unpaired) electrons. The van der Waals surface area contributed by atoms with Gasteiger partial charge in [-0.1, -0.05) is 37.3 Å². The molecular formula is C17H16N2O3. The number of amides is 1. The first-order valence-electron chi connectivity index (χ1n) is 7.16. The molecule has 5 heteroatoms. The van der Waals surface area contributed by atoms with Gasteiger partial charge in [-0.15, -0.1) is 0 Å². The number of anilines is 1. The SMILES string of the molecule is CCC(C(=O)Nc1ccc2oc(=O)[nH]c2c1)c1ccccc1. The molecule has 0 aliphatic rings. The van der Waals surface area contributed by atoms with Gasteiger partial charge in [0.1, 0.15) is 0 Å². The lowest BCUT2D eigenvalue weighted by Crippen LogP contribution is -2.20. The minimum atomic E-state index is -0.505. The van der Waals surface area contributed by atoms with E-state index in [2.05, 4.69) is 10.3 Å². The summed E-state index contributed by atoms with van der Waals surface area (Å²) < 4.78 is 4.94. The summed E-state index contributed by atoms with van der Waals surface area (Å²) in [6, 6.07) is 14.7. The summed E-state index contributed by atoms with van der Waals surface area (Å²) in [4.78, 5) is 26.2. The van der Waals surface area contributed by atoms with Crippen LogP contribution < -0.4 is 11.1 Å². The lowest BCUT2D eigenvalue weighted by molar-refractivity contribution is -0.117. The van der Waals surface area contributed by atoms with Gasteiger partial charge in [0.05, 0.1) is 11.4 Å². The highest BCUT2D eigenvalue weighted by Gasteiger charge is 2.18. The largest absolute Gasteiger partial charge is 0.417 e. The fourth-order valence-corrected chi connectivity index (χ4v) is 2.52. The maximum Gasteiger partial charge on any atom is 0.417 e. The van der Waals surface area contributed by atoms with Gasteiger partial charge in [0.15, 0.2) is 5.58 Å². The second-order valence-electron chi connectivity index (χ2n) is 5.09. The third kappa shape index (κ3) is 2.79. The monoisotopic (exact) mass is 296 g/mol. The van der Waals surface area contributed by atoms with Crippen molar-refractivity contribution in [3.05, 3.63) is 64.6 Å². The molecule has 2 N–H and O–H groups in total. The molecule has 0 aliphatic carbocycles. The first-order valence-corrected chi connectivity index (χ1v) is 7.16. The van der Waals surface area contributed by atoms with Crippen molar-refractivity contribution in [2.45, 2.75) is 19.3 Å². The number of carbonyl (C=O) groups excluding carboxylic acids is 1. The highest BCUT2D eigenvalue weighted by atomic mass is 16.4. The highest BCUT2D eigenvalue weighted by molar-refractivity contribution is 5.97. The van der Waals surface area contributed by atoms with Crippen LogP contribution in [0.1, 0.15) is 24.8 Å². The normalized spacial score (nSPS) is 12.2. The van der Waals surface area contributed by atoms with Gasteiger partial charge >= 0.3 is 5.76 Å². The first-order chi connectivity index (χ1) is 10.7. The van der Waals surface area contributed by atoms with Gasteiger partial charge in [0.2, 0.25) is 5.91 Å². The van der Waals surface area contributed by atoms with Crippen LogP contribution in [0, 0.1) is 0 Å². The molecule has 112 valence electrons. The molecule has 1 heterocycles. The molecule has 3 aromatic rings. The van der Waals surface area contributed by atoms with Gasteiger partial charge in [-0.3, -0.25) is 9.78 Å². The Bertz CT molecular complexity index is 849. The predicted octanol–water partition coefficient (Wildman–Crippen LogP) is 3.25. The van der Waals surface area contributed by atoms with Gasteiger partial charge < -0.3 is 9.73 Å². The van der Waals surface area contributed by atoms with Crippen molar-refractivity contribution in [1.29, 1.82) is 0 Å². The Kier molecular flexibility index (Phi) is 3.78. The molecule has 0 spiro atoms. The number of hydrogen-bond acceptors (Lipinski definition) is 3. The van der Waals surface area contributed by atoms with Crippen LogP contribution in [0.25, 0.3) is 11.1 Å². The average molecular weight is 296 g/mol. The van der Waals surface area contributed by atoms with Crippen molar-refractivity contribution in [1.82, 2.24) is 4.98 Å². The van der Waals surface area contributed by atoms with E-state index in [1.807, 2.05) is 37.3 Å². The van der Waals surface area contributed by atoms with E-state index in [4.69, 9.17) is 4.42 Å². The minimum absolute atomic E-state index is 0.0705. The van der Waals surface area contributed by atoms with Crippen molar-refractivity contribution in [3.8, 4) is 0 Å². The maximum absolute atomic E-state index is 12.5. The lowest BCUT2D eigenvalue weighted by Gasteiger charge is -2.15. The highest BCUT2D eigenvalue weighted by Crippen LogP contribution is 2.22. The van der Waals surface area contributed by atoms with Crippen LogP contribution in [0.3, 0.4) is 0 Å². The lowest BCUT2D eigenvalue weighted by atomic mass is 9.95. The number of hydrogen-bond donors (Lipinski definition) is 2. The Hall–Kier alpha value is -2.82. The van der Waals surface area contributed by atoms with Crippen molar-refractivity contribution in [2.75, 3.05) is 5.32 Å². The van der Waals surface area contributed by atoms with Crippen LogP contribution in [0.15, 0.2) is 57.7 Å². The van der Waals surface area contributed by atoms with E-state index < -0.39 is 5.76 Å². The van der Waals surface area contributed by atoms with Crippen LogP contribution in [0.5, 0.6) is 0 Å². The third-order valence-corrected chi connectivity index (χ3v) is 3.61. The van der Waals surface area contributed by atoms with E-state index in [0.717, 1.165) is 5.56 Å². The zero-order valence-electron chi connectivity index (χ0n) is 12.1. The Labute approximate surface area is 127 Å². The van der Waals surface area contributed by atoms with Crippen LogP contribution in [0.2, 0.25) is 0 Å².